The van der Waals surface area contributed by atoms with Crippen molar-refractivity contribution in [2.24, 2.45) is 17.8 Å². The molecule has 10 rings (SSSR count). The van der Waals surface area contributed by atoms with E-state index in [1.54, 1.807) is 65.6 Å². The van der Waals surface area contributed by atoms with E-state index in [-0.39, 0.29) is 48.4 Å². The second kappa shape index (κ2) is 28.0. The Labute approximate surface area is 513 Å². The zero-order valence-corrected chi connectivity index (χ0v) is 48.7. The predicted octanol–water partition coefficient (Wildman–Crippen LogP) is 5.05. The molecule has 4 heterocycles. The maximum absolute atomic E-state index is 13.6. The van der Waals surface area contributed by atoms with Crippen LogP contribution in [-0.2, 0) is 38.7 Å². The first kappa shape index (κ1) is 65.7. The number of carboxylic acid groups (broad SMARTS) is 2. The molecule has 26 heteroatoms. The van der Waals surface area contributed by atoms with E-state index >= 15 is 0 Å². The highest BCUT2D eigenvalue weighted by molar-refractivity contribution is 7.88. The van der Waals surface area contributed by atoms with Gasteiger partial charge in [0.2, 0.25) is 34.4 Å². The number of benzene rings is 6. The molecular formula is C64H62F3N3O19S. The number of rotatable bonds is 19. The lowest BCUT2D eigenvalue weighted by Gasteiger charge is -2.48. The van der Waals surface area contributed by atoms with Crippen LogP contribution in [0.3, 0.4) is 0 Å². The molecule has 0 aliphatic carbocycles. The number of β-lactam (4-membered cyclic amide) rings is 2. The Bertz CT molecular complexity index is 3730. The molecule has 4 saturated heterocycles. The van der Waals surface area contributed by atoms with Crippen molar-refractivity contribution in [2.45, 2.75) is 106 Å². The van der Waals surface area contributed by atoms with Crippen LogP contribution in [0.4, 0.5) is 24.5 Å². The molecule has 90 heavy (non-hydrogen) atoms. The third-order valence-electron chi connectivity index (χ3n) is 15.9. The molecule has 9 N–H and O–H groups in total. The van der Waals surface area contributed by atoms with Gasteiger partial charge in [0.25, 0.3) is 0 Å². The van der Waals surface area contributed by atoms with Gasteiger partial charge in [0, 0.05) is 40.9 Å². The van der Waals surface area contributed by atoms with Crippen molar-refractivity contribution in [2.75, 3.05) is 16.1 Å². The van der Waals surface area contributed by atoms with E-state index in [4.69, 9.17) is 18.9 Å². The molecule has 6 aromatic rings. The van der Waals surface area contributed by atoms with Crippen LogP contribution >= 0.6 is 0 Å². The monoisotopic (exact) mass is 1270 g/mol. The molecule has 4 aliphatic rings. The maximum atomic E-state index is 13.6. The first-order valence-corrected chi connectivity index (χ1v) is 30.1. The Morgan fingerprint density at radius 3 is 1.50 bits per heavy atom. The van der Waals surface area contributed by atoms with Gasteiger partial charge in [-0.3, -0.25) is 14.4 Å². The standard InChI is InChI=1S/C33H31FN2O11S.C31H31F2NO8/c1-48(44,45)35-17-16-18-2-10-22(11-3-18)36-26(24(31(36)41)14-15-25(37)19-4-8-21(34)9-5-19)20-6-12-23(13-7-20)46-33-29(40)27(38)28(39)30(47-33)32(42)43;1-16-26(36)27(37)31(42-28(16)30(39)40)41-22-12-4-18(5-13-22)25-23(14-15-24(35)17-2-6-19(32)7-3-17)29(38)34(25)21-10-8-20(33)9-11-21/h2-13,24,26-30,33,35,38-40H,14-15H2,1H3,(H,42,43);2-13,16,23-28,31,35-37H,14-15H2,1H3,(H,39,40)/t24-,26-,27+,28+,29-,30+,33-;16-,23+,24-,25+,26-,27+,28-,31+/m10/s1. The van der Waals surface area contributed by atoms with Crippen LogP contribution in [-0.4, -0.2) is 140 Å². The van der Waals surface area contributed by atoms with Crippen LogP contribution in [0.15, 0.2) is 146 Å². The Hall–Kier alpha value is -8.75. The molecule has 2 amide bonds. The van der Waals surface area contributed by atoms with Crippen LogP contribution in [0.25, 0.3) is 0 Å². The molecule has 15 atom stereocenters. The van der Waals surface area contributed by atoms with Crippen LogP contribution in [0.1, 0.15) is 83.4 Å². The molecule has 4 aliphatic heterocycles. The minimum atomic E-state index is -3.51. The van der Waals surface area contributed by atoms with E-state index in [0.29, 0.717) is 40.0 Å². The summed E-state index contributed by atoms with van der Waals surface area (Å²) in [6.07, 6.45) is -13.7. The summed E-state index contributed by atoms with van der Waals surface area (Å²) in [5.41, 5.74) is 3.71. The number of aliphatic hydroxyl groups is 6. The number of Topliss-reactive ketones (excluding diaryl/α,β-unsaturated/α-hetero) is 1. The largest absolute Gasteiger partial charge is 0.479 e. The molecule has 22 nitrogen and oxygen atoms in total. The summed E-state index contributed by atoms with van der Waals surface area (Å²) in [7, 11) is -3.51. The summed E-state index contributed by atoms with van der Waals surface area (Å²) >= 11 is 0. The molecule has 0 bridgehead atoms. The number of amides is 2. The van der Waals surface area contributed by atoms with E-state index in [1.165, 1.54) is 96.8 Å². The van der Waals surface area contributed by atoms with Crippen molar-refractivity contribution in [1.82, 2.24) is 4.72 Å². The van der Waals surface area contributed by atoms with Crippen molar-refractivity contribution >= 4 is 50.9 Å². The Kier molecular flexibility index (Phi) is 20.4. The summed E-state index contributed by atoms with van der Waals surface area (Å²) in [4.78, 5) is 65.7. The Balaban J connectivity index is 0.000000215. The van der Waals surface area contributed by atoms with Gasteiger partial charge in [-0.2, -0.15) is 0 Å². The zero-order valence-electron chi connectivity index (χ0n) is 47.9. The van der Waals surface area contributed by atoms with Gasteiger partial charge in [-0.25, -0.2) is 35.9 Å². The van der Waals surface area contributed by atoms with Gasteiger partial charge >= 0.3 is 11.9 Å². The van der Waals surface area contributed by atoms with Crippen molar-refractivity contribution in [3.8, 4) is 23.5 Å². The summed E-state index contributed by atoms with van der Waals surface area (Å²) in [5, 5.41) is 80.4. The van der Waals surface area contributed by atoms with Crippen molar-refractivity contribution < 1.29 is 105 Å². The number of carboxylic acids is 2. The number of carbonyl (C=O) groups excluding carboxylic acids is 3. The van der Waals surface area contributed by atoms with Gasteiger partial charge in [0.1, 0.15) is 53.4 Å². The lowest BCUT2D eigenvalue weighted by molar-refractivity contribution is -0.271. The average molecular weight is 1270 g/mol. The highest BCUT2D eigenvalue weighted by Crippen LogP contribution is 2.48. The number of ether oxygens (including phenoxy) is 4. The van der Waals surface area contributed by atoms with Gasteiger partial charge in [-0.05, 0) is 151 Å². The quantitative estimate of drug-likeness (QED) is 0.0222. The van der Waals surface area contributed by atoms with E-state index in [1.807, 2.05) is 0 Å². The smallest absolute Gasteiger partial charge is 0.335 e. The summed E-state index contributed by atoms with van der Waals surface area (Å²) < 4.78 is 86.7. The van der Waals surface area contributed by atoms with Crippen molar-refractivity contribution in [1.29, 1.82) is 0 Å². The topological polar surface area (TPSA) is 337 Å². The molecule has 0 spiro atoms. The van der Waals surface area contributed by atoms with E-state index in [0.717, 1.165) is 11.8 Å². The number of halogens is 3. The molecular weight excluding hydrogens is 1200 g/mol. The molecule has 474 valence electrons. The number of hydrogen-bond donors (Lipinski definition) is 9. The molecule has 4 fully saturated rings. The fourth-order valence-corrected chi connectivity index (χ4v) is 11.3. The fraction of sp³-hybridized carbons (Fsp3) is 0.328. The molecule has 0 radical (unpaired) electrons. The summed E-state index contributed by atoms with van der Waals surface area (Å²) in [6, 6.07) is 36.9. The number of anilines is 2. The normalized spacial score (nSPS) is 26.7. The van der Waals surface area contributed by atoms with E-state index in [9.17, 15) is 86.4 Å². The predicted molar refractivity (Wildman–Crippen MR) is 312 cm³/mol. The van der Waals surface area contributed by atoms with Gasteiger partial charge < -0.3 is 69.6 Å². The first-order chi connectivity index (χ1) is 42.8. The van der Waals surface area contributed by atoms with Crippen LogP contribution in [0.5, 0.6) is 11.5 Å². The number of sulfonamides is 1. The van der Waals surface area contributed by atoms with Crippen molar-refractivity contribution in [3.05, 3.63) is 191 Å². The first-order valence-electron chi connectivity index (χ1n) is 28.2. The van der Waals surface area contributed by atoms with Crippen LogP contribution in [0, 0.1) is 47.2 Å². The van der Waals surface area contributed by atoms with Gasteiger partial charge in [-0.1, -0.05) is 43.3 Å². The number of aliphatic carboxylic acids is 2. The average Bonchev–Trinajstić information content (AvgIpc) is 0.758. The fourth-order valence-electron chi connectivity index (χ4n) is 11.0. The lowest BCUT2D eigenvalue weighted by Crippen LogP contribution is -2.61. The van der Waals surface area contributed by atoms with Crippen LogP contribution < -0.4 is 24.0 Å². The SMILES string of the molecule is CS(=O)(=O)NC#Cc1ccc(N2C(=O)[C@H](CCC(=O)c3ccc(F)cc3)[C@H]2c2ccc(O[C@@H]3O[C@H](C(=O)O)[C@@H](O)[C@H](O)[C@H]3O)cc2)cc1.C[C@H]1[C@H](O)[C@@H](O)[C@H](Oc2ccc([C@@H]3[C@@H](CC[C@H](O)c4ccc(F)cc4)C(=O)N3c3ccc(F)cc3)cc2)O[C@@H]1C(=O)O. The van der Waals surface area contributed by atoms with Gasteiger partial charge in [0.15, 0.2) is 18.0 Å². The second-order valence-corrected chi connectivity index (χ2v) is 23.7. The number of hydrogen-bond acceptors (Lipinski definition) is 17. The molecule has 0 unspecified atom stereocenters. The summed E-state index contributed by atoms with van der Waals surface area (Å²) in [5.74, 6) is -3.84. The third kappa shape index (κ3) is 14.9. The minimum Gasteiger partial charge on any atom is -0.479 e. The number of aliphatic hydroxyl groups excluding tert-OH is 6. The number of ketones is 1. The van der Waals surface area contributed by atoms with Gasteiger partial charge in [-0.15, -0.1) is 0 Å². The lowest BCUT2D eigenvalue weighted by atomic mass is 9.78. The number of nitrogens with zero attached hydrogens (tertiary/aromatic N) is 2. The number of carbonyl (C=O) groups is 5. The summed E-state index contributed by atoms with van der Waals surface area (Å²) in [6.45, 7) is 1.46. The highest BCUT2D eigenvalue weighted by Gasteiger charge is 2.52. The second-order valence-electron chi connectivity index (χ2n) is 22.0. The van der Waals surface area contributed by atoms with Gasteiger partial charge in [0.05, 0.1) is 42.4 Å². The van der Waals surface area contributed by atoms with E-state index < -0.39 is 131 Å². The Morgan fingerprint density at radius 1 is 0.589 bits per heavy atom. The number of nitrogens with one attached hydrogen (secondary N) is 1. The Morgan fingerprint density at radius 2 is 1.02 bits per heavy atom. The highest BCUT2D eigenvalue weighted by atomic mass is 32.2. The van der Waals surface area contributed by atoms with Crippen molar-refractivity contribution in [3.63, 3.8) is 0 Å². The third-order valence-corrected chi connectivity index (χ3v) is 16.4. The zero-order chi connectivity index (χ0) is 64.9. The minimum absolute atomic E-state index is 0.0191. The van der Waals surface area contributed by atoms with Crippen LogP contribution in [0.2, 0.25) is 0 Å². The molecule has 0 saturated carbocycles. The molecule has 0 aromatic heterocycles. The molecule has 6 aromatic carbocycles. The maximum Gasteiger partial charge on any atom is 0.335 e. The van der Waals surface area contributed by atoms with E-state index in [2.05, 4.69) is 16.7 Å².